The van der Waals surface area contributed by atoms with Crippen LogP contribution in [0.4, 0.5) is 5.69 Å². The van der Waals surface area contributed by atoms with Crippen LogP contribution < -0.4 is 9.62 Å². The first kappa shape index (κ1) is 34.5. The zero-order valence-corrected chi connectivity index (χ0v) is 28.8. The lowest BCUT2D eigenvalue weighted by Gasteiger charge is -2.34. The summed E-state index contributed by atoms with van der Waals surface area (Å²) in [4.78, 5) is 29.8. The van der Waals surface area contributed by atoms with Gasteiger partial charge in [-0.05, 0) is 59.5 Å². The first-order chi connectivity index (χ1) is 21.4. The summed E-state index contributed by atoms with van der Waals surface area (Å²) >= 11 is 16.0. The van der Waals surface area contributed by atoms with Crippen molar-refractivity contribution in [3.05, 3.63) is 129 Å². The molecule has 0 fully saturated rings. The summed E-state index contributed by atoms with van der Waals surface area (Å²) in [6, 6.07) is 28.1. The highest BCUT2D eigenvalue weighted by atomic mass is 79.9. The van der Waals surface area contributed by atoms with Gasteiger partial charge in [-0.2, -0.15) is 0 Å². The Morgan fingerprint density at radius 2 is 1.40 bits per heavy atom. The fraction of sp³-hybridized carbons (Fsp3) is 0.235. The van der Waals surface area contributed by atoms with Crippen LogP contribution in [-0.2, 0) is 32.6 Å². The number of sulfonamides is 1. The zero-order valence-electron chi connectivity index (χ0n) is 24.9. The largest absolute Gasteiger partial charge is 0.354 e. The maximum atomic E-state index is 14.5. The summed E-state index contributed by atoms with van der Waals surface area (Å²) < 4.78 is 30.0. The molecule has 0 radical (unpaired) electrons. The van der Waals surface area contributed by atoms with Gasteiger partial charge in [0.05, 0.1) is 10.6 Å². The lowest BCUT2D eigenvalue weighted by atomic mass is 10.0. The third-order valence-electron chi connectivity index (χ3n) is 6.97. The highest BCUT2D eigenvalue weighted by Crippen LogP contribution is 2.30. The number of benzene rings is 4. The number of carbonyl (C=O) groups excluding carboxylic acids is 2. The van der Waals surface area contributed by atoms with Gasteiger partial charge in [0.25, 0.3) is 10.0 Å². The molecule has 0 spiro atoms. The summed E-state index contributed by atoms with van der Waals surface area (Å²) in [6.45, 7) is 3.85. The van der Waals surface area contributed by atoms with Crippen molar-refractivity contribution >= 4 is 66.7 Å². The molecule has 236 valence electrons. The zero-order chi connectivity index (χ0) is 32.6. The van der Waals surface area contributed by atoms with Crippen molar-refractivity contribution in [3.8, 4) is 0 Å². The minimum atomic E-state index is -4.26. The first-order valence-electron chi connectivity index (χ1n) is 14.3. The monoisotopic (exact) mass is 729 g/mol. The van der Waals surface area contributed by atoms with E-state index in [4.69, 9.17) is 23.2 Å². The molecule has 7 nitrogen and oxygen atoms in total. The SMILES string of the molecule is CC(C)CNC(=O)[C@@H](Cc1ccccc1)N(Cc1ccc(Br)cc1)C(=O)CN(c1cc(Cl)cc(Cl)c1)S(=O)(=O)c1ccccc1. The molecular weight excluding hydrogens is 697 g/mol. The average Bonchev–Trinajstić information content (AvgIpc) is 3.01. The van der Waals surface area contributed by atoms with E-state index in [1.165, 1.54) is 35.2 Å². The number of hydrogen-bond acceptors (Lipinski definition) is 4. The summed E-state index contributed by atoms with van der Waals surface area (Å²) in [5.74, 6) is -0.725. The van der Waals surface area contributed by atoms with E-state index in [1.54, 1.807) is 18.2 Å². The van der Waals surface area contributed by atoms with E-state index < -0.39 is 28.5 Å². The van der Waals surface area contributed by atoms with Crippen LogP contribution in [0.1, 0.15) is 25.0 Å². The fourth-order valence-corrected chi connectivity index (χ4v) is 6.89. The fourth-order valence-electron chi connectivity index (χ4n) is 4.69. The topological polar surface area (TPSA) is 86.8 Å². The Hall–Kier alpha value is -3.37. The van der Waals surface area contributed by atoms with Crippen LogP contribution >= 0.6 is 39.1 Å². The maximum Gasteiger partial charge on any atom is 0.264 e. The van der Waals surface area contributed by atoms with Gasteiger partial charge in [0.15, 0.2) is 0 Å². The van der Waals surface area contributed by atoms with E-state index in [0.717, 1.165) is 19.9 Å². The molecule has 1 atom stereocenters. The highest BCUT2D eigenvalue weighted by Gasteiger charge is 2.34. The Morgan fingerprint density at radius 1 is 0.822 bits per heavy atom. The molecular formula is C34H34BrCl2N3O4S. The van der Waals surface area contributed by atoms with Crippen LogP contribution in [-0.4, -0.2) is 44.3 Å². The van der Waals surface area contributed by atoms with Crippen LogP contribution in [0.3, 0.4) is 0 Å². The molecule has 45 heavy (non-hydrogen) atoms. The minimum Gasteiger partial charge on any atom is -0.354 e. The molecule has 11 heteroatoms. The van der Waals surface area contributed by atoms with Gasteiger partial charge in [-0.25, -0.2) is 8.42 Å². The van der Waals surface area contributed by atoms with Gasteiger partial charge in [0.1, 0.15) is 12.6 Å². The molecule has 0 bridgehead atoms. The third kappa shape index (κ3) is 9.56. The van der Waals surface area contributed by atoms with E-state index >= 15 is 0 Å². The number of carbonyl (C=O) groups is 2. The van der Waals surface area contributed by atoms with Crippen LogP contribution in [0.25, 0.3) is 0 Å². The number of amides is 2. The number of anilines is 1. The number of nitrogens with one attached hydrogen (secondary N) is 1. The Morgan fingerprint density at radius 3 is 1.98 bits per heavy atom. The molecule has 0 saturated carbocycles. The van der Waals surface area contributed by atoms with E-state index in [2.05, 4.69) is 21.2 Å². The molecule has 0 aliphatic heterocycles. The van der Waals surface area contributed by atoms with Crippen molar-refractivity contribution in [3.63, 3.8) is 0 Å². The Kier molecular flexibility index (Phi) is 12.1. The molecule has 1 N–H and O–H groups in total. The molecule has 2 amide bonds. The summed E-state index contributed by atoms with van der Waals surface area (Å²) in [7, 11) is -4.26. The third-order valence-corrected chi connectivity index (χ3v) is 9.72. The normalized spacial score (nSPS) is 12.0. The quantitative estimate of drug-likeness (QED) is 0.156. The van der Waals surface area contributed by atoms with Crippen LogP contribution in [0, 0.1) is 5.92 Å². The van der Waals surface area contributed by atoms with E-state index in [9.17, 15) is 18.0 Å². The number of rotatable bonds is 13. The summed E-state index contributed by atoms with van der Waals surface area (Å²) in [6.07, 6.45) is 0.224. The molecule has 4 rings (SSSR count). The van der Waals surface area contributed by atoms with Crippen molar-refractivity contribution < 1.29 is 18.0 Å². The van der Waals surface area contributed by atoms with Gasteiger partial charge >= 0.3 is 0 Å². The molecule has 4 aromatic rings. The Balaban J connectivity index is 1.81. The van der Waals surface area contributed by atoms with Crippen molar-refractivity contribution in [2.24, 2.45) is 5.92 Å². The number of halogens is 3. The first-order valence-corrected chi connectivity index (χ1v) is 17.3. The maximum absolute atomic E-state index is 14.5. The van der Waals surface area contributed by atoms with Crippen LogP contribution in [0.2, 0.25) is 10.0 Å². The summed E-state index contributed by atoms with van der Waals surface area (Å²) in [5.41, 5.74) is 1.74. The molecule has 0 heterocycles. The van der Waals surface area contributed by atoms with Crippen molar-refractivity contribution in [2.75, 3.05) is 17.4 Å². The molecule has 0 unspecified atom stereocenters. The minimum absolute atomic E-state index is 0.0103. The van der Waals surface area contributed by atoms with Crippen molar-refractivity contribution in [1.29, 1.82) is 0 Å². The molecule has 0 aliphatic rings. The predicted molar refractivity (Wildman–Crippen MR) is 184 cm³/mol. The van der Waals surface area contributed by atoms with Crippen molar-refractivity contribution in [1.82, 2.24) is 10.2 Å². The second-order valence-corrected chi connectivity index (χ2v) is 14.6. The lowest BCUT2D eigenvalue weighted by Crippen LogP contribution is -2.53. The smallest absolute Gasteiger partial charge is 0.264 e. The van der Waals surface area contributed by atoms with Gasteiger partial charge in [0.2, 0.25) is 11.8 Å². The average molecular weight is 732 g/mol. The molecule has 4 aromatic carbocycles. The van der Waals surface area contributed by atoms with Gasteiger partial charge < -0.3 is 10.2 Å². The number of hydrogen-bond donors (Lipinski definition) is 1. The Bertz CT molecular complexity index is 1690. The van der Waals surface area contributed by atoms with E-state index in [1.807, 2.05) is 68.4 Å². The molecule has 0 aromatic heterocycles. The predicted octanol–water partition coefficient (Wildman–Crippen LogP) is 7.36. The second-order valence-electron chi connectivity index (χ2n) is 10.9. The van der Waals surface area contributed by atoms with Crippen LogP contribution in [0.5, 0.6) is 0 Å². The highest BCUT2D eigenvalue weighted by molar-refractivity contribution is 9.10. The lowest BCUT2D eigenvalue weighted by molar-refractivity contribution is -0.140. The number of nitrogens with zero attached hydrogens (tertiary/aromatic N) is 2. The van der Waals surface area contributed by atoms with Gasteiger partial charge in [-0.1, -0.05) is 114 Å². The molecule has 0 saturated heterocycles. The van der Waals surface area contributed by atoms with Gasteiger partial charge in [-0.15, -0.1) is 0 Å². The van der Waals surface area contributed by atoms with Gasteiger partial charge in [-0.3, -0.25) is 13.9 Å². The summed E-state index contributed by atoms with van der Waals surface area (Å²) in [5, 5.41) is 3.40. The van der Waals surface area contributed by atoms with E-state index in [-0.39, 0.29) is 45.4 Å². The van der Waals surface area contributed by atoms with Crippen molar-refractivity contribution in [2.45, 2.75) is 37.8 Å². The van der Waals surface area contributed by atoms with E-state index in [0.29, 0.717) is 6.54 Å². The van der Waals surface area contributed by atoms with Crippen LogP contribution in [0.15, 0.2) is 112 Å². The Labute approximate surface area is 283 Å². The second kappa shape index (κ2) is 15.8. The van der Waals surface area contributed by atoms with Gasteiger partial charge in [0, 0.05) is 34.0 Å². The molecule has 0 aliphatic carbocycles. The standard InChI is InChI=1S/C34H34BrCl2N3O4S/c1-24(2)21-38-34(42)32(17-25-9-5-3-6-10-25)39(22-26-13-15-27(35)16-14-26)33(41)23-40(30-19-28(36)18-29(37)20-30)45(43,44)31-11-7-4-8-12-31/h3-16,18-20,24,32H,17,21-23H2,1-2H3,(H,38,42)/t32-/m1/s1.